The smallest absolute Gasteiger partial charge is 0.227 e. The molecule has 2 nitrogen and oxygen atoms in total. The Morgan fingerprint density at radius 1 is 1.67 bits per heavy atom. The molecule has 0 aliphatic carbocycles. The molecule has 1 saturated heterocycles. The Labute approximate surface area is 102 Å². The van der Waals surface area contributed by atoms with Gasteiger partial charge in [-0.3, -0.25) is 4.79 Å². The van der Waals surface area contributed by atoms with Crippen molar-refractivity contribution in [3.05, 3.63) is 22.4 Å². The molecular weight excluding hydrogens is 274 g/mol. The molecule has 2 heterocycles. The van der Waals surface area contributed by atoms with E-state index >= 15 is 0 Å². The fraction of sp³-hybridized carbons (Fsp3) is 0.545. The van der Waals surface area contributed by atoms with Crippen LogP contribution < -0.4 is 0 Å². The van der Waals surface area contributed by atoms with Crippen molar-refractivity contribution < 1.29 is 4.79 Å². The highest BCUT2D eigenvalue weighted by atomic mass is 79.9. The van der Waals surface area contributed by atoms with Gasteiger partial charge in [0.2, 0.25) is 5.91 Å². The van der Waals surface area contributed by atoms with Crippen molar-refractivity contribution in [3.63, 3.8) is 0 Å². The zero-order chi connectivity index (χ0) is 10.7. The summed E-state index contributed by atoms with van der Waals surface area (Å²) in [5.74, 6) is 0.273. The van der Waals surface area contributed by atoms with Gasteiger partial charge >= 0.3 is 0 Å². The molecule has 2 rings (SSSR count). The Morgan fingerprint density at radius 3 is 3.20 bits per heavy atom. The number of hydrogen-bond acceptors (Lipinski definition) is 2. The molecule has 1 aromatic heterocycles. The van der Waals surface area contributed by atoms with Gasteiger partial charge in [0.25, 0.3) is 0 Å². The first-order valence-corrected chi connectivity index (χ1v) is 7.24. The Balaban J connectivity index is 1.96. The third-order valence-corrected chi connectivity index (χ3v) is 4.29. The summed E-state index contributed by atoms with van der Waals surface area (Å²) in [4.78, 5) is 14.0. The van der Waals surface area contributed by atoms with Gasteiger partial charge < -0.3 is 4.90 Å². The maximum absolute atomic E-state index is 12.0. The fourth-order valence-electron chi connectivity index (χ4n) is 1.99. The Kier molecular flexibility index (Phi) is 3.81. The van der Waals surface area contributed by atoms with Gasteiger partial charge in [0.1, 0.15) is 0 Å². The summed E-state index contributed by atoms with van der Waals surface area (Å²) < 4.78 is 0. The fourth-order valence-corrected chi connectivity index (χ4v) is 3.34. The largest absolute Gasteiger partial charge is 0.339 e. The van der Waals surface area contributed by atoms with Crippen LogP contribution in [0.5, 0.6) is 0 Å². The van der Waals surface area contributed by atoms with Crippen LogP contribution in [0.2, 0.25) is 0 Å². The number of alkyl halides is 1. The number of thiophene rings is 1. The van der Waals surface area contributed by atoms with Crippen molar-refractivity contribution in [3.8, 4) is 0 Å². The van der Waals surface area contributed by atoms with Crippen LogP contribution in [0.25, 0.3) is 0 Å². The second-order valence-corrected chi connectivity index (χ2v) is 5.27. The molecule has 82 valence electrons. The minimum absolute atomic E-state index is 0.273. The molecule has 1 amide bonds. The first-order chi connectivity index (χ1) is 7.31. The summed E-state index contributed by atoms with van der Waals surface area (Å²) in [7, 11) is 0. The molecule has 1 aromatic rings. The molecule has 1 aliphatic rings. The Morgan fingerprint density at radius 2 is 2.53 bits per heavy atom. The van der Waals surface area contributed by atoms with Crippen molar-refractivity contribution in [2.24, 2.45) is 0 Å². The van der Waals surface area contributed by atoms with E-state index in [0.717, 1.165) is 30.3 Å². The minimum atomic E-state index is 0.273. The van der Waals surface area contributed by atoms with Crippen LogP contribution in [0, 0.1) is 0 Å². The summed E-state index contributed by atoms with van der Waals surface area (Å²) >= 11 is 5.12. The average Bonchev–Trinajstić information content (AvgIpc) is 2.86. The maximum Gasteiger partial charge on any atom is 0.227 e. The minimum Gasteiger partial charge on any atom is -0.339 e. The Bertz CT molecular complexity index is 325. The van der Waals surface area contributed by atoms with Crippen LogP contribution in [-0.4, -0.2) is 28.7 Å². The zero-order valence-corrected chi connectivity index (χ0v) is 10.9. The number of carbonyl (C=O) groups excluding carboxylic acids is 1. The van der Waals surface area contributed by atoms with E-state index in [1.165, 1.54) is 0 Å². The molecule has 0 aromatic carbocycles. The first kappa shape index (κ1) is 11.1. The predicted molar refractivity (Wildman–Crippen MR) is 66.6 cm³/mol. The van der Waals surface area contributed by atoms with E-state index in [1.807, 2.05) is 16.3 Å². The number of halogens is 1. The van der Waals surface area contributed by atoms with Gasteiger partial charge in [0.05, 0.1) is 6.42 Å². The summed E-state index contributed by atoms with van der Waals surface area (Å²) in [6, 6.07) is 2.44. The lowest BCUT2D eigenvalue weighted by atomic mass is 10.2. The van der Waals surface area contributed by atoms with Crippen molar-refractivity contribution in [2.75, 3.05) is 11.9 Å². The van der Waals surface area contributed by atoms with Crippen molar-refractivity contribution >= 4 is 33.2 Å². The summed E-state index contributed by atoms with van der Waals surface area (Å²) in [6.45, 7) is 0.930. The summed E-state index contributed by atoms with van der Waals surface area (Å²) in [6.07, 6.45) is 2.85. The normalized spacial score (nSPS) is 20.9. The topological polar surface area (TPSA) is 20.3 Å². The van der Waals surface area contributed by atoms with Crippen LogP contribution in [-0.2, 0) is 11.2 Å². The van der Waals surface area contributed by atoms with E-state index in [2.05, 4.69) is 21.3 Å². The highest BCUT2D eigenvalue weighted by Gasteiger charge is 2.27. The van der Waals surface area contributed by atoms with Gasteiger partial charge in [-0.2, -0.15) is 11.3 Å². The summed E-state index contributed by atoms with van der Waals surface area (Å²) in [5, 5.41) is 4.98. The lowest BCUT2D eigenvalue weighted by Crippen LogP contribution is -2.37. The molecular formula is C11H14BrNOS. The number of rotatable bonds is 3. The standard InChI is InChI=1S/C11H14BrNOS/c12-7-10-2-1-4-13(10)11(14)6-9-3-5-15-8-9/h3,5,8,10H,1-2,4,6-7H2. The molecule has 0 spiro atoms. The molecule has 1 atom stereocenters. The van der Waals surface area contributed by atoms with E-state index in [0.29, 0.717) is 12.5 Å². The quantitative estimate of drug-likeness (QED) is 0.783. The molecule has 4 heteroatoms. The number of carbonyl (C=O) groups is 1. The third-order valence-electron chi connectivity index (χ3n) is 2.81. The lowest BCUT2D eigenvalue weighted by molar-refractivity contribution is -0.130. The van der Waals surface area contributed by atoms with E-state index < -0.39 is 0 Å². The van der Waals surface area contributed by atoms with E-state index in [1.54, 1.807) is 11.3 Å². The van der Waals surface area contributed by atoms with E-state index in [4.69, 9.17) is 0 Å². The van der Waals surface area contributed by atoms with Crippen LogP contribution in [0.4, 0.5) is 0 Å². The number of nitrogens with zero attached hydrogens (tertiary/aromatic N) is 1. The van der Waals surface area contributed by atoms with Gasteiger partial charge in [-0.25, -0.2) is 0 Å². The van der Waals surface area contributed by atoms with E-state index in [9.17, 15) is 4.79 Å². The zero-order valence-electron chi connectivity index (χ0n) is 8.49. The average molecular weight is 288 g/mol. The number of amides is 1. The van der Waals surface area contributed by atoms with Crippen LogP contribution in [0.3, 0.4) is 0 Å². The molecule has 15 heavy (non-hydrogen) atoms. The van der Waals surface area contributed by atoms with Crippen molar-refractivity contribution in [2.45, 2.75) is 25.3 Å². The summed E-state index contributed by atoms with van der Waals surface area (Å²) in [5.41, 5.74) is 1.14. The highest BCUT2D eigenvalue weighted by Crippen LogP contribution is 2.20. The number of hydrogen-bond donors (Lipinski definition) is 0. The molecule has 0 N–H and O–H groups in total. The first-order valence-electron chi connectivity index (χ1n) is 5.18. The monoisotopic (exact) mass is 287 g/mol. The molecule has 1 aliphatic heterocycles. The van der Waals surface area contributed by atoms with Gasteiger partial charge in [-0.1, -0.05) is 15.9 Å². The predicted octanol–water partition coefficient (Wildman–Crippen LogP) is 2.68. The van der Waals surface area contributed by atoms with Crippen LogP contribution in [0.1, 0.15) is 18.4 Å². The van der Waals surface area contributed by atoms with Crippen molar-refractivity contribution in [1.29, 1.82) is 0 Å². The SMILES string of the molecule is O=C(Cc1ccsc1)N1CCCC1CBr. The molecule has 0 bridgehead atoms. The molecule has 1 fully saturated rings. The Hall–Kier alpha value is -0.350. The van der Waals surface area contributed by atoms with Gasteiger partial charge in [-0.15, -0.1) is 0 Å². The highest BCUT2D eigenvalue weighted by molar-refractivity contribution is 9.09. The van der Waals surface area contributed by atoms with Crippen LogP contribution >= 0.6 is 27.3 Å². The third kappa shape index (κ3) is 2.61. The second-order valence-electron chi connectivity index (χ2n) is 3.85. The van der Waals surface area contributed by atoms with Crippen LogP contribution in [0.15, 0.2) is 16.8 Å². The van der Waals surface area contributed by atoms with Gasteiger partial charge in [0, 0.05) is 17.9 Å². The van der Waals surface area contributed by atoms with Gasteiger partial charge in [-0.05, 0) is 35.2 Å². The maximum atomic E-state index is 12.0. The second kappa shape index (κ2) is 5.12. The van der Waals surface area contributed by atoms with Gasteiger partial charge in [0.15, 0.2) is 0 Å². The van der Waals surface area contributed by atoms with Crippen molar-refractivity contribution in [1.82, 2.24) is 4.90 Å². The molecule has 0 saturated carbocycles. The number of likely N-dealkylation sites (tertiary alicyclic amines) is 1. The van der Waals surface area contributed by atoms with E-state index in [-0.39, 0.29) is 5.91 Å². The molecule has 0 radical (unpaired) electrons. The molecule has 1 unspecified atom stereocenters. The lowest BCUT2D eigenvalue weighted by Gasteiger charge is -2.22.